The molecule has 1 saturated heterocycles. The lowest BCUT2D eigenvalue weighted by molar-refractivity contribution is -0.122. The van der Waals surface area contributed by atoms with Gasteiger partial charge in [-0.25, -0.2) is 9.69 Å². The van der Waals surface area contributed by atoms with Gasteiger partial charge < -0.3 is 9.64 Å². The molecule has 1 N–H and O–H groups in total. The predicted octanol–water partition coefficient (Wildman–Crippen LogP) is 4.58. The molecule has 0 atom stereocenters. The lowest BCUT2D eigenvalue weighted by Crippen LogP contribution is -2.54. The Labute approximate surface area is 207 Å². The number of rotatable bonds is 5. The number of hydrogen-bond acceptors (Lipinski definition) is 5. The van der Waals surface area contributed by atoms with Crippen molar-refractivity contribution in [2.75, 3.05) is 23.5 Å². The third-order valence-electron chi connectivity index (χ3n) is 6.16. The van der Waals surface area contributed by atoms with E-state index in [9.17, 15) is 14.4 Å². The summed E-state index contributed by atoms with van der Waals surface area (Å²) in [6.07, 6.45) is 2.37. The summed E-state index contributed by atoms with van der Waals surface area (Å²) in [5, 5.41) is 2.99. The Morgan fingerprint density at radius 3 is 2.54 bits per heavy atom. The van der Waals surface area contributed by atoms with Gasteiger partial charge in [0.05, 0.1) is 12.8 Å². The molecule has 3 aromatic carbocycles. The first-order chi connectivity index (χ1) is 16.9. The zero-order chi connectivity index (χ0) is 24.5. The molecule has 35 heavy (non-hydrogen) atoms. The second-order valence-electron chi connectivity index (χ2n) is 8.31. The number of ether oxygens (including phenoxy) is 1. The molecule has 0 radical (unpaired) electrons. The first-order valence-electron chi connectivity index (χ1n) is 11.1. The molecule has 3 aromatic rings. The quantitative estimate of drug-likeness (QED) is 0.421. The smallest absolute Gasteiger partial charge is 0.335 e. The summed E-state index contributed by atoms with van der Waals surface area (Å²) >= 11 is 6.33. The molecule has 0 saturated carbocycles. The highest BCUT2D eigenvalue weighted by atomic mass is 35.5. The van der Waals surface area contributed by atoms with Crippen LogP contribution in [0.25, 0.3) is 6.08 Å². The van der Waals surface area contributed by atoms with Gasteiger partial charge in [0.1, 0.15) is 11.3 Å². The van der Waals surface area contributed by atoms with E-state index in [1.807, 2.05) is 42.5 Å². The van der Waals surface area contributed by atoms with Crippen molar-refractivity contribution in [3.05, 3.63) is 94.0 Å². The van der Waals surface area contributed by atoms with E-state index in [-0.39, 0.29) is 5.57 Å². The average Bonchev–Trinajstić information content (AvgIpc) is 3.25. The van der Waals surface area contributed by atoms with Gasteiger partial charge in [0.25, 0.3) is 11.8 Å². The number of amides is 4. The fourth-order valence-electron chi connectivity index (χ4n) is 4.37. The molecule has 1 fully saturated rings. The van der Waals surface area contributed by atoms with E-state index in [1.165, 1.54) is 13.2 Å². The highest BCUT2D eigenvalue weighted by Gasteiger charge is 2.37. The van der Waals surface area contributed by atoms with Crippen LogP contribution in [0.3, 0.4) is 0 Å². The van der Waals surface area contributed by atoms with Crippen molar-refractivity contribution in [2.45, 2.75) is 13.0 Å². The number of halogens is 1. The van der Waals surface area contributed by atoms with Crippen LogP contribution in [0.4, 0.5) is 16.2 Å². The molecule has 176 valence electrons. The van der Waals surface area contributed by atoms with Crippen LogP contribution < -0.4 is 19.9 Å². The first kappa shape index (κ1) is 22.7. The Morgan fingerprint density at radius 2 is 1.80 bits per heavy atom. The van der Waals surface area contributed by atoms with Gasteiger partial charge in [-0.2, -0.15) is 0 Å². The summed E-state index contributed by atoms with van der Waals surface area (Å²) in [5.74, 6) is -0.803. The lowest BCUT2D eigenvalue weighted by atomic mass is 10.0. The number of methoxy groups -OCH3 is 1. The summed E-state index contributed by atoms with van der Waals surface area (Å²) in [4.78, 5) is 41.3. The Morgan fingerprint density at radius 1 is 1.03 bits per heavy atom. The van der Waals surface area contributed by atoms with E-state index in [0.29, 0.717) is 23.5 Å². The van der Waals surface area contributed by atoms with Gasteiger partial charge in [-0.3, -0.25) is 14.9 Å². The van der Waals surface area contributed by atoms with Crippen LogP contribution in [-0.4, -0.2) is 31.5 Å². The molecule has 2 aliphatic heterocycles. The van der Waals surface area contributed by atoms with E-state index in [4.69, 9.17) is 16.3 Å². The molecule has 0 bridgehead atoms. The second-order valence-corrected chi connectivity index (χ2v) is 8.71. The fraction of sp³-hybridized carbons (Fsp3) is 0.148. The molecule has 0 aromatic heterocycles. The Hall–Kier alpha value is -4.10. The summed E-state index contributed by atoms with van der Waals surface area (Å²) in [6, 6.07) is 19.3. The minimum atomic E-state index is -0.786. The normalized spacial score (nSPS) is 16.5. The number of carbonyl (C=O) groups excluding carboxylic acids is 3. The Bertz CT molecular complexity index is 1370. The number of urea groups is 1. The number of anilines is 2. The molecule has 5 rings (SSSR count). The maximum atomic E-state index is 13.2. The lowest BCUT2D eigenvalue weighted by Gasteiger charge is -2.26. The molecule has 0 unspecified atom stereocenters. The van der Waals surface area contributed by atoms with Gasteiger partial charge in [-0.15, -0.1) is 0 Å². The van der Waals surface area contributed by atoms with Crippen molar-refractivity contribution in [1.82, 2.24) is 5.32 Å². The number of hydrogen-bond donors (Lipinski definition) is 1. The van der Waals surface area contributed by atoms with Crippen LogP contribution in [0.2, 0.25) is 5.02 Å². The van der Waals surface area contributed by atoms with Crippen molar-refractivity contribution in [1.29, 1.82) is 0 Å². The number of nitrogens with zero attached hydrogens (tertiary/aromatic N) is 2. The van der Waals surface area contributed by atoms with Crippen LogP contribution in [0.1, 0.15) is 16.7 Å². The van der Waals surface area contributed by atoms with Crippen molar-refractivity contribution in [3.8, 4) is 5.75 Å². The maximum Gasteiger partial charge on any atom is 0.335 e. The molecule has 8 heteroatoms. The van der Waals surface area contributed by atoms with Gasteiger partial charge >= 0.3 is 6.03 Å². The first-order valence-corrected chi connectivity index (χ1v) is 11.5. The largest absolute Gasteiger partial charge is 0.497 e. The second kappa shape index (κ2) is 9.27. The van der Waals surface area contributed by atoms with Gasteiger partial charge in [0, 0.05) is 23.8 Å². The monoisotopic (exact) mass is 487 g/mol. The van der Waals surface area contributed by atoms with Gasteiger partial charge in [-0.1, -0.05) is 35.9 Å². The van der Waals surface area contributed by atoms with E-state index < -0.39 is 17.8 Å². The molecular formula is C27H22ClN3O4. The Balaban J connectivity index is 1.40. The number of benzene rings is 3. The fourth-order valence-corrected chi connectivity index (χ4v) is 4.56. The number of barbiturate groups is 1. The summed E-state index contributed by atoms with van der Waals surface area (Å²) in [7, 11) is 1.53. The van der Waals surface area contributed by atoms with E-state index >= 15 is 0 Å². The van der Waals surface area contributed by atoms with Crippen LogP contribution in [-0.2, 0) is 22.6 Å². The van der Waals surface area contributed by atoms with Gasteiger partial charge in [0.2, 0.25) is 0 Å². The predicted molar refractivity (Wildman–Crippen MR) is 135 cm³/mol. The van der Waals surface area contributed by atoms with E-state index in [2.05, 4.69) is 10.2 Å². The third-order valence-corrected chi connectivity index (χ3v) is 6.53. The molecule has 0 aliphatic carbocycles. The van der Waals surface area contributed by atoms with Crippen LogP contribution in [0.15, 0.2) is 72.3 Å². The van der Waals surface area contributed by atoms with Crippen LogP contribution >= 0.6 is 11.6 Å². The molecular weight excluding hydrogens is 466 g/mol. The van der Waals surface area contributed by atoms with Crippen LogP contribution in [0.5, 0.6) is 5.75 Å². The zero-order valence-electron chi connectivity index (χ0n) is 19.0. The summed E-state index contributed by atoms with van der Waals surface area (Å²) in [5.41, 5.74) is 4.23. The molecule has 7 nitrogen and oxygen atoms in total. The number of carbonyl (C=O) groups is 3. The standard InChI is InChI=1S/C27H22ClN3O4/c1-35-21-9-7-20(8-10-21)31-26(33)22(25(32)29-27(31)34)15-17-6-11-24-18(14-17)12-13-30(24)16-19-4-2-3-5-23(19)28/h2-11,14-15H,12-13,16H2,1H3,(H,29,32,34). The van der Waals surface area contributed by atoms with Gasteiger partial charge in [0.15, 0.2) is 0 Å². The van der Waals surface area contributed by atoms with Crippen molar-refractivity contribution in [2.24, 2.45) is 0 Å². The Kier molecular flexibility index (Phi) is 6.01. The number of imide groups is 2. The molecule has 0 spiro atoms. The number of nitrogens with one attached hydrogen (secondary N) is 1. The van der Waals surface area contributed by atoms with Crippen molar-refractivity contribution < 1.29 is 19.1 Å². The summed E-state index contributed by atoms with van der Waals surface area (Å²) in [6.45, 7) is 1.55. The number of fused-ring (bicyclic) bond motifs is 1. The van der Waals surface area contributed by atoms with Gasteiger partial charge in [-0.05, 0) is 71.7 Å². The van der Waals surface area contributed by atoms with E-state index in [0.717, 1.165) is 39.7 Å². The van der Waals surface area contributed by atoms with Crippen LogP contribution in [0, 0.1) is 0 Å². The summed E-state index contributed by atoms with van der Waals surface area (Å²) < 4.78 is 5.13. The minimum absolute atomic E-state index is 0.105. The third kappa shape index (κ3) is 4.38. The SMILES string of the molecule is COc1ccc(N2C(=O)NC(=O)C(=Cc3ccc4c(c3)CCN4Cc3ccccc3Cl)C2=O)cc1. The molecule has 2 heterocycles. The highest BCUT2D eigenvalue weighted by molar-refractivity contribution is 6.39. The molecule has 4 amide bonds. The maximum absolute atomic E-state index is 13.2. The zero-order valence-corrected chi connectivity index (χ0v) is 19.7. The topological polar surface area (TPSA) is 79.0 Å². The average molecular weight is 488 g/mol. The van der Waals surface area contributed by atoms with E-state index in [1.54, 1.807) is 24.3 Å². The minimum Gasteiger partial charge on any atom is -0.497 e. The van der Waals surface area contributed by atoms with Crippen molar-refractivity contribution >= 4 is 46.9 Å². The highest BCUT2D eigenvalue weighted by Crippen LogP contribution is 2.32. The van der Waals surface area contributed by atoms with Crippen molar-refractivity contribution in [3.63, 3.8) is 0 Å². The molecule has 2 aliphatic rings.